The van der Waals surface area contributed by atoms with Crippen molar-refractivity contribution in [2.75, 3.05) is 19.7 Å². The van der Waals surface area contributed by atoms with Gasteiger partial charge < -0.3 is 9.67 Å². The number of hydrogen-bond donors (Lipinski definition) is 1. The van der Waals surface area contributed by atoms with Crippen LogP contribution in [0.3, 0.4) is 0 Å². The molecule has 1 N–H and O–H groups in total. The van der Waals surface area contributed by atoms with Gasteiger partial charge in [-0.2, -0.15) is 0 Å². The monoisotopic (exact) mass is 283 g/mol. The van der Waals surface area contributed by atoms with Crippen LogP contribution >= 0.6 is 0 Å². The summed E-state index contributed by atoms with van der Waals surface area (Å²) in [5.74, 6) is 0. The fraction of sp³-hybridized carbons (Fsp3) is 0.714. The Kier molecular flexibility index (Phi) is 6.16. The molecule has 20 heavy (non-hydrogen) atoms. The van der Waals surface area contributed by atoms with E-state index in [2.05, 4.69) is 18.7 Å². The van der Waals surface area contributed by atoms with Crippen LogP contribution in [0.25, 0.3) is 0 Å². The number of aliphatic hydroxyl groups is 1. The minimum atomic E-state index is -0.288. The summed E-state index contributed by atoms with van der Waals surface area (Å²) in [7, 11) is 3.17. The first kappa shape index (κ1) is 16.7. The predicted molar refractivity (Wildman–Crippen MR) is 79.0 cm³/mol. The second-order valence-electron chi connectivity index (χ2n) is 5.33. The molecule has 1 heterocycles. The molecule has 0 unspecified atom stereocenters. The molecule has 1 rings (SSSR count). The van der Waals surface area contributed by atoms with E-state index in [1.54, 1.807) is 7.05 Å². The third-order valence-electron chi connectivity index (χ3n) is 3.62. The van der Waals surface area contributed by atoms with Crippen molar-refractivity contribution in [1.82, 2.24) is 14.0 Å². The maximum atomic E-state index is 11.8. The summed E-state index contributed by atoms with van der Waals surface area (Å²) >= 11 is 0. The molecule has 0 saturated heterocycles. The van der Waals surface area contributed by atoms with Gasteiger partial charge in [-0.05, 0) is 33.2 Å². The molecular formula is C14H25N3O3. The number of nitrogens with zero attached hydrogens (tertiary/aromatic N) is 3. The minimum absolute atomic E-state index is 0.141. The Hall–Kier alpha value is -1.40. The topological polar surface area (TPSA) is 67.5 Å². The van der Waals surface area contributed by atoms with Crippen LogP contribution in [0.1, 0.15) is 26.0 Å². The summed E-state index contributed by atoms with van der Waals surface area (Å²) in [4.78, 5) is 25.6. The van der Waals surface area contributed by atoms with Gasteiger partial charge in [0.1, 0.15) is 0 Å². The predicted octanol–water partition coefficient (Wildman–Crippen LogP) is -0.281. The molecule has 1 aromatic rings. The van der Waals surface area contributed by atoms with E-state index < -0.39 is 0 Å². The van der Waals surface area contributed by atoms with Crippen LogP contribution in [0, 0.1) is 0 Å². The zero-order chi connectivity index (χ0) is 15.3. The van der Waals surface area contributed by atoms with Gasteiger partial charge in [-0.15, -0.1) is 0 Å². The van der Waals surface area contributed by atoms with E-state index in [1.807, 2.05) is 0 Å². The van der Waals surface area contributed by atoms with Gasteiger partial charge in [-0.25, -0.2) is 4.79 Å². The lowest BCUT2D eigenvalue weighted by atomic mass is 10.2. The number of aryl methyl sites for hydroxylation is 1. The summed E-state index contributed by atoms with van der Waals surface area (Å²) < 4.78 is 2.63. The molecule has 0 amide bonds. The van der Waals surface area contributed by atoms with E-state index in [0.717, 1.165) is 23.2 Å². The van der Waals surface area contributed by atoms with Crippen molar-refractivity contribution in [3.8, 4) is 0 Å². The summed E-state index contributed by atoms with van der Waals surface area (Å²) in [5, 5.41) is 9.02. The highest BCUT2D eigenvalue weighted by atomic mass is 16.3. The Labute approximate surface area is 119 Å². The lowest BCUT2D eigenvalue weighted by molar-refractivity contribution is 0.164. The van der Waals surface area contributed by atoms with Crippen LogP contribution in [0.2, 0.25) is 0 Å². The molecule has 0 aliphatic carbocycles. The van der Waals surface area contributed by atoms with E-state index in [0.29, 0.717) is 19.0 Å². The largest absolute Gasteiger partial charge is 0.395 e. The average Bonchev–Trinajstić information content (AvgIpc) is 2.40. The molecule has 0 radical (unpaired) electrons. The van der Waals surface area contributed by atoms with Gasteiger partial charge in [-0.3, -0.25) is 14.3 Å². The smallest absolute Gasteiger partial charge is 0.330 e. The number of hydrogen-bond acceptors (Lipinski definition) is 4. The van der Waals surface area contributed by atoms with Gasteiger partial charge in [-0.1, -0.05) is 0 Å². The van der Waals surface area contributed by atoms with Gasteiger partial charge >= 0.3 is 5.69 Å². The Bertz CT molecular complexity index is 546. The Balaban J connectivity index is 2.71. The van der Waals surface area contributed by atoms with Gasteiger partial charge in [0.2, 0.25) is 0 Å². The summed E-state index contributed by atoms with van der Waals surface area (Å²) in [5.41, 5.74) is 0.202. The van der Waals surface area contributed by atoms with Crippen LogP contribution in [0.15, 0.2) is 15.7 Å². The Morgan fingerprint density at radius 2 is 1.85 bits per heavy atom. The molecule has 0 aliphatic rings. The quantitative estimate of drug-likeness (QED) is 0.747. The summed E-state index contributed by atoms with van der Waals surface area (Å²) in [6, 6.07) is 1.89. The molecule has 0 saturated carbocycles. The van der Waals surface area contributed by atoms with Crippen LogP contribution in [-0.4, -0.2) is 44.9 Å². The van der Waals surface area contributed by atoms with Gasteiger partial charge in [0, 0.05) is 38.4 Å². The van der Waals surface area contributed by atoms with Crippen molar-refractivity contribution >= 4 is 0 Å². The number of aliphatic hydroxyl groups excluding tert-OH is 1. The van der Waals surface area contributed by atoms with Gasteiger partial charge in [0.15, 0.2) is 0 Å². The minimum Gasteiger partial charge on any atom is -0.395 e. The summed E-state index contributed by atoms with van der Waals surface area (Å²) in [6.07, 6.45) is 1.52. The van der Waals surface area contributed by atoms with E-state index in [4.69, 9.17) is 5.11 Å². The van der Waals surface area contributed by atoms with Crippen molar-refractivity contribution in [3.63, 3.8) is 0 Å². The van der Waals surface area contributed by atoms with Crippen molar-refractivity contribution in [1.29, 1.82) is 0 Å². The molecule has 0 fully saturated rings. The molecule has 0 aromatic carbocycles. The number of rotatable bonds is 7. The SMILES string of the molecule is CC(C)N(CCO)CCCc1cc(=O)n(C)c(=O)n1C. The first-order valence-corrected chi connectivity index (χ1v) is 6.99. The highest BCUT2D eigenvalue weighted by molar-refractivity contribution is 5.02. The van der Waals surface area contributed by atoms with Crippen molar-refractivity contribution < 1.29 is 5.11 Å². The van der Waals surface area contributed by atoms with Crippen LogP contribution < -0.4 is 11.2 Å². The highest BCUT2D eigenvalue weighted by Crippen LogP contribution is 2.03. The normalized spacial score (nSPS) is 11.6. The average molecular weight is 283 g/mol. The third kappa shape index (κ3) is 4.05. The molecule has 0 bridgehead atoms. The highest BCUT2D eigenvalue weighted by Gasteiger charge is 2.10. The van der Waals surface area contributed by atoms with E-state index in [9.17, 15) is 9.59 Å². The van der Waals surface area contributed by atoms with Gasteiger partial charge in [0.05, 0.1) is 6.61 Å². The molecule has 6 nitrogen and oxygen atoms in total. The van der Waals surface area contributed by atoms with E-state index in [-0.39, 0.29) is 17.9 Å². The maximum absolute atomic E-state index is 11.8. The molecule has 6 heteroatoms. The second-order valence-corrected chi connectivity index (χ2v) is 5.33. The zero-order valence-electron chi connectivity index (χ0n) is 12.8. The Morgan fingerprint density at radius 1 is 1.20 bits per heavy atom. The van der Waals surface area contributed by atoms with Crippen molar-refractivity contribution in [2.24, 2.45) is 14.1 Å². The summed E-state index contributed by atoms with van der Waals surface area (Å²) in [6.45, 7) is 5.80. The Morgan fingerprint density at radius 3 is 2.40 bits per heavy atom. The van der Waals surface area contributed by atoms with Crippen LogP contribution in [0.4, 0.5) is 0 Å². The fourth-order valence-electron chi connectivity index (χ4n) is 2.24. The molecule has 0 spiro atoms. The van der Waals surface area contributed by atoms with Crippen LogP contribution in [0.5, 0.6) is 0 Å². The first-order valence-electron chi connectivity index (χ1n) is 6.99. The lowest BCUT2D eigenvalue weighted by Crippen LogP contribution is -2.38. The molecule has 1 aromatic heterocycles. The van der Waals surface area contributed by atoms with Crippen molar-refractivity contribution in [2.45, 2.75) is 32.7 Å². The molecular weight excluding hydrogens is 258 g/mol. The third-order valence-corrected chi connectivity index (χ3v) is 3.62. The molecule has 0 aliphatic heterocycles. The fourth-order valence-corrected chi connectivity index (χ4v) is 2.24. The molecule has 114 valence electrons. The number of aromatic nitrogens is 2. The van der Waals surface area contributed by atoms with Crippen molar-refractivity contribution in [3.05, 3.63) is 32.6 Å². The zero-order valence-corrected chi connectivity index (χ0v) is 12.8. The van der Waals surface area contributed by atoms with Crippen LogP contribution in [-0.2, 0) is 20.5 Å². The first-order chi connectivity index (χ1) is 9.38. The van der Waals surface area contributed by atoms with Gasteiger partial charge in [0.25, 0.3) is 5.56 Å². The maximum Gasteiger partial charge on any atom is 0.330 e. The van der Waals surface area contributed by atoms with E-state index in [1.165, 1.54) is 17.7 Å². The standard InChI is InChI=1S/C14H25N3O3/c1-11(2)17(8-9-18)7-5-6-12-10-13(19)16(4)14(20)15(12)3/h10-11,18H,5-9H2,1-4H3. The molecule has 0 atom stereocenters. The second kappa shape index (κ2) is 7.40. The lowest BCUT2D eigenvalue weighted by Gasteiger charge is -2.25. The van der Waals surface area contributed by atoms with E-state index >= 15 is 0 Å².